The Morgan fingerprint density at radius 1 is 1.38 bits per heavy atom. The summed E-state index contributed by atoms with van der Waals surface area (Å²) in [5.41, 5.74) is 0.823. The summed E-state index contributed by atoms with van der Waals surface area (Å²) in [5, 5.41) is 0. The monoisotopic (exact) mass is 196 g/mol. The van der Waals surface area contributed by atoms with E-state index in [1.165, 1.54) is 11.8 Å². The maximum Gasteiger partial charge on any atom is 0.177 e. The number of benzene rings is 1. The van der Waals surface area contributed by atoms with Gasteiger partial charge >= 0.3 is 0 Å². The van der Waals surface area contributed by atoms with Gasteiger partial charge in [-0.25, -0.2) is 0 Å². The lowest BCUT2D eigenvalue weighted by atomic mass is 10.0. The molecule has 0 aromatic heterocycles. The summed E-state index contributed by atoms with van der Waals surface area (Å²) >= 11 is 5.97. The first-order chi connectivity index (χ1) is 6.25. The Morgan fingerprint density at radius 3 is 2.54 bits per heavy atom. The van der Waals surface area contributed by atoms with E-state index in [1.54, 1.807) is 0 Å². The Kier molecular flexibility index (Phi) is 3.84. The van der Waals surface area contributed by atoms with Crippen molar-refractivity contribution in [3.63, 3.8) is 0 Å². The van der Waals surface area contributed by atoms with Crippen molar-refractivity contribution in [1.29, 1.82) is 0 Å². The average molecular weight is 197 g/mol. The lowest BCUT2D eigenvalue weighted by Gasteiger charge is -2.17. The van der Waals surface area contributed by atoms with E-state index < -0.39 is 0 Å². The smallest absolute Gasteiger partial charge is 0.177 e. The molecule has 1 aromatic carbocycles. The van der Waals surface area contributed by atoms with E-state index in [2.05, 4.69) is 6.58 Å². The Labute approximate surface area is 84.0 Å². The second-order valence-electron chi connectivity index (χ2n) is 2.85. The van der Waals surface area contributed by atoms with Gasteiger partial charge in [0, 0.05) is 5.92 Å². The molecule has 1 aromatic rings. The van der Waals surface area contributed by atoms with Crippen molar-refractivity contribution in [2.24, 2.45) is 0 Å². The third-order valence-electron chi connectivity index (χ3n) is 1.94. The van der Waals surface area contributed by atoms with Gasteiger partial charge in [-0.3, -0.25) is 0 Å². The molecule has 0 aliphatic carbocycles. The van der Waals surface area contributed by atoms with Crippen LogP contribution in [0.5, 0.6) is 0 Å². The highest BCUT2D eigenvalue weighted by Crippen LogP contribution is 2.23. The van der Waals surface area contributed by atoms with Crippen molar-refractivity contribution in [3.8, 4) is 0 Å². The molecule has 70 valence electrons. The fraction of sp³-hybridized carbons (Fsp3) is 0.273. The van der Waals surface area contributed by atoms with Gasteiger partial charge in [0.05, 0.1) is 6.26 Å². The van der Waals surface area contributed by atoms with Crippen molar-refractivity contribution >= 4 is 11.6 Å². The van der Waals surface area contributed by atoms with Crippen LogP contribution >= 0.6 is 11.6 Å². The van der Waals surface area contributed by atoms with Gasteiger partial charge < -0.3 is 4.74 Å². The number of rotatable bonds is 4. The largest absolute Gasteiger partial charge is 0.482 e. The number of hydrogen-bond acceptors (Lipinski definition) is 1. The van der Waals surface area contributed by atoms with Crippen LogP contribution in [0.2, 0.25) is 0 Å². The SMILES string of the molecule is C=COC(Cl)C(C)c1ccccc1. The minimum atomic E-state index is -0.347. The molecule has 0 aliphatic heterocycles. The predicted octanol–water partition coefficient (Wildman–Crippen LogP) is 3.52. The van der Waals surface area contributed by atoms with Gasteiger partial charge in [0.15, 0.2) is 5.56 Å². The normalized spacial score (nSPS) is 14.6. The van der Waals surface area contributed by atoms with Gasteiger partial charge in [0.2, 0.25) is 0 Å². The molecule has 13 heavy (non-hydrogen) atoms. The summed E-state index contributed by atoms with van der Waals surface area (Å²) in [7, 11) is 0. The molecule has 0 amide bonds. The summed E-state index contributed by atoms with van der Waals surface area (Å²) in [4.78, 5) is 0. The molecule has 0 radical (unpaired) electrons. The highest BCUT2D eigenvalue weighted by atomic mass is 35.5. The molecule has 2 heteroatoms. The van der Waals surface area contributed by atoms with Crippen LogP contribution < -0.4 is 0 Å². The second-order valence-corrected chi connectivity index (χ2v) is 3.28. The quantitative estimate of drug-likeness (QED) is 0.529. The van der Waals surface area contributed by atoms with Crippen LogP contribution in [0.3, 0.4) is 0 Å². The topological polar surface area (TPSA) is 9.23 Å². The average Bonchev–Trinajstić information content (AvgIpc) is 2.18. The van der Waals surface area contributed by atoms with Crippen LogP contribution in [-0.4, -0.2) is 5.56 Å². The van der Waals surface area contributed by atoms with Crippen molar-refractivity contribution in [1.82, 2.24) is 0 Å². The van der Waals surface area contributed by atoms with Crippen molar-refractivity contribution < 1.29 is 4.74 Å². The molecule has 2 unspecified atom stereocenters. The van der Waals surface area contributed by atoms with E-state index in [-0.39, 0.29) is 11.5 Å². The molecule has 0 saturated carbocycles. The van der Waals surface area contributed by atoms with Gasteiger partial charge in [0.1, 0.15) is 0 Å². The van der Waals surface area contributed by atoms with Gasteiger partial charge in [0.25, 0.3) is 0 Å². The fourth-order valence-electron chi connectivity index (χ4n) is 1.12. The number of hydrogen-bond donors (Lipinski definition) is 0. The highest BCUT2D eigenvalue weighted by molar-refractivity contribution is 6.20. The summed E-state index contributed by atoms with van der Waals surface area (Å²) in [6.45, 7) is 5.49. The molecule has 0 N–H and O–H groups in total. The van der Waals surface area contributed by atoms with E-state index in [4.69, 9.17) is 16.3 Å². The van der Waals surface area contributed by atoms with Gasteiger partial charge in [-0.15, -0.1) is 0 Å². The second kappa shape index (κ2) is 4.93. The first-order valence-corrected chi connectivity index (χ1v) is 4.64. The summed E-state index contributed by atoms with van der Waals surface area (Å²) < 4.78 is 5.09. The van der Waals surface area contributed by atoms with Crippen LogP contribution in [-0.2, 0) is 4.74 Å². The lowest BCUT2D eigenvalue weighted by Crippen LogP contribution is -2.10. The van der Waals surface area contributed by atoms with Gasteiger partial charge in [-0.05, 0) is 5.56 Å². The molecule has 0 aliphatic rings. The molecule has 1 rings (SSSR count). The zero-order chi connectivity index (χ0) is 9.68. The van der Waals surface area contributed by atoms with Crippen molar-refractivity contribution in [3.05, 3.63) is 48.7 Å². The third-order valence-corrected chi connectivity index (χ3v) is 2.43. The molecule has 0 heterocycles. The molecule has 0 saturated heterocycles. The van der Waals surface area contributed by atoms with E-state index >= 15 is 0 Å². The molecule has 0 bridgehead atoms. The maximum atomic E-state index is 5.97. The predicted molar refractivity (Wildman–Crippen MR) is 55.8 cm³/mol. The number of alkyl halides is 1. The number of halogens is 1. The Hall–Kier alpha value is -0.950. The molecule has 0 fully saturated rings. The van der Waals surface area contributed by atoms with E-state index in [0.717, 1.165) is 0 Å². The van der Waals surface area contributed by atoms with Crippen molar-refractivity contribution in [2.45, 2.75) is 18.4 Å². The molecular formula is C11H13ClO. The van der Waals surface area contributed by atoms with Crippen LogP contribution in [0.15, 0.2) is 43.2 Å². The van der Waals surface area contributed by atoms with Gasteiger partial charge in [-0.2, -0.15) is 0 Å². The summed E-state index contributed by atoms with van der Waals surface area (Å²) in [5.74, 6) is 0.167. The molecule has 2 atom stereocenters. The van der Waals surface area contributed by atoms with Crippen LogP contribution in [0.1, 0.15) is 18.4 Å². The van der Waals surface area contributed by atoms with Crippen molar-refractivity contribution in [2.75, 3.05) is 0 Å². The van der Waals surface area contributed by atoms with Crippen LogP contribution in [0.4, 0.5) is 0 Å². The van der Waals surface area contributed by atoms with Crippen LogP contribution in [0, 0.1) is 0 Å². The standard InChI is InChI=1S/C11H13ClO/c1-3-13-11(12)9(2)10-7-5-4-6-8-10/h3-9,11H,1H2,2H3. The van der Waals surface area contributed by atoms with Crippen LogP contribution in [0.25, 0.3) is 0 Å². The van der Waals surface area contributed by atoms with Gasteiger partial charge in [-0.1, -0.05) is 55.4 Å². The Bertz CT molecular complexity index is 258. The maximum absolute atomic E-state index is 5.97. The lowest BCUT2D eigenvalue weighted by molar-refractivity contribution is 0.195. The minimum absolute atomic E-state index is 0.167. The first-order valence-electron chi connectivity index (χ1n) is 4.21. The summed E-state index contributed by atoms with van der Waals surface area (Å²) in [6.07, 6.45) is 1.37. The Morgan fingerprint density at radius 2 is 2.00 bits per heavy atom. The number of ether oxygens (including phenoxy) is 1. The fourth-order valence-corrected chi connectivity index (χ4v) is 1.34. The molecular weight excluding hydrogens is 184 g/mol. The van der Waals surface area contributed by atoms with E-state index in [0.29, 0.717) is 0 Å². The van der Waals surface area contributed by atoms with E-state index in [1.807, 2.05) is 37.3 Å². The molecule has 0 spiro atoms. The Balaban J connectivity index is 2.67. The third kappa shape index (κ3) is 2.78. The minimum Gasteiger partial charge on any atom is -0.482 e. The first kappa shape index (κ1) is 10.1. The summed E-state index contributed by atoms with van der Waals surface area (Å²) in [6, 6.07) is 10.0. The molecule has 1 nitrogen and oxygen atoms in total. The zero-order valence-electron chi connectivity index (χ0n) is 7.61. The van der Waals surface area contributed by atoms with E-state index in [9.17, 15) is 0 Å². The highest BCUT2D eigenvalue weighted by Gasteiger charge is 2.15. The zero-order valence-corrected chi connectivity index (χ0v) is 8.37.